The molecule has 4 fully saturated rings. The van der Waals surface area contributed by atoms with Crippen LogP contribution >= 0.6 is 0 Å². The van der Waals surface area contributed by atoms with Gasteiger partial charge in [0.25, 0.3) is 11.8 Å². The van der Waals surface area contributed by atoms with Crippen LogP contribution in [0.1, 0.15) is 93.5 Å². The molecule has 2 aliphatic carbocycles. The number of carbonyl (C=O) groups excluding carboxylic acids is 4. The van der Waals surface area contributed by atoms with Crippen molar-refractivity contribution < 1.29 is 42.5 Å². The maximum atomic E-state index is 15.0. The van der Waals surface area contributed by atoms with Crippen molar-refractivity contribution in [2.45, 2.75) is 110 Å². The zero-order valence-corrected chi connectivity index (χ0v) is 36.6. The number of halogens is 1. The fraction of sp³-hybridized carbons (Fsp3) is 0.500. The average Bonchev–Trinajstić information content (AvgIpc) is 3.23. The van der Waals surface area contributed by atoms with Gasteiger partial charge in [-0.05, 0) is 68.8 Å². The van der Waals surface area contributed by atoms with Gasteiger partial charge in [0.1, 0.15) is 41.3 Å². The fourth-order valence-corrected chi connectivity index (χ4v) is 9.84. The summed E-state index contributed by atoms with van der Waals surface area (Å²) in [5, 5.41) is 7.99. The first-order valence-corrected chi connectivity index (χ1v) is 21.4. The molecule has 0 bridgehead atoms. The third-order valence-corrected chi connectivity index (χ3v) is 13.0. The number of piperidine rings is 1. The molecule has 2 heterocycles. The van der Waals surface area contributed by atoms with Crippen molar-refractivity contribution in [2.24, 2.45) is 10.8 Å². The van der Waals surface area contributed by atoms with Crippen molar-refractivity contribution in [3.05, 3.63) is 83.2 Å². The summed E-state index contributed by atoms with van der Waals surface area (Å²) in [4.78, 5) is 54.5. The van der Waals surface area contributed by atoms with Gasteiger partial charge < -0.3 is 34.5 Å². The molecule has 2 aliphatic heterocycles. The Kier molecular flexibility index (Phi) is 12.9. The molecule has 330 valence electrons. The van der Waals surface area contributed by atoms with Crippen molar-refractivity contribution in [2.75, 3.05) is 38.3 Å². The monoisotopic (exact) mass is 851 g/mol. The lowest BCUT2D eigenvalue weighted by Gasteiger charge is -2.63. The van der Waals surface area contributed by atoms with Gasteiger partial charge in [0, 0.05) is 91.2 Å². The number of morpholine rings is 1. The summed E-state index contributed by atoms with van der Waals surface area (Å²) in [7, 11) is 1.58. The molecule has 0 unspecified atom stereocenters. The van der Waals surface area contributed by atoms with Crippen LogP contribution in [0.5, 0.6) is 17.2 Å². The number of imide groups is 1. The third-order valence-electron chi connectivity index (χ3n) is 13.0. The second-order valence-electron chi connectivity index (χ2n) is 18.3. The van der Waals surface area contributed by atoms with Crippen LogP contribution < -0.4 is 35.1 Å². The molecule has 2 saturated heterocycles. The number of benzene rings is 3. The third kappa shape index (κ3) is 9.25. The molecule has 2 atom stereocenters. The Balaban J connectivity index is 0.885. The van der Waals surface area contributed by atoms with Crippen LogP contribution in [0.3, 0.4) is 0 Å². The molecule has 4 amide bonds. The number of amides is 4. The summed E-state index contributed by atoms with van der Waals surface area (Å²) in [6, 6.07) is 16.8. The van der Waals surface area contributed by atoms with E-state index in [4.69, 9.17) is 25.4 Å². The van der Waals surface area contributed by atoms with E-state index in [1.54, 1.807) is 13.2 Å². The van der Waals surface area contributed by atoms with Crippen LogP contribution in [0.4, 0.5) is 10.1 Å². The molecule has 62 heavy (non-hydrogen) atoms. The van der Waals surface area contributed by atoms with Gasteiger partial charge >= 0.3 is 0 Å². The predicted octanol–water partition coefficient (Wildman–Crippen LogP) is 5.49. The summed E-state index contributed by atoms with van der Waals surface area (Å²) >= 11 is 0. The molecule has 13 nitrogen and oxygen atoms in total. The van der Waals surface area contributed by atoms with Gasteiger partial charge in [-0.15, -0.1) is 6.42 Å². The maximum Gasteiger partial charge on any atom is 0.254 e. The minimum atomic E-state index is -0.896. The first-order chi connectivity index (χ1) is 29.5. The number of hydrogen-bond acceptors (Lipinski definition) is 10. The normalized spacial score (nSPS) is 25.1. The molecule has 3 N–H and O–H groups in total. The highest BCUT2D eigenvalue weighted by Gasteiger charge is 2.64. The lowest BCUT2D eigenvalue weighted by atomic mass is 9.49. The van der Waals surface area contributed by atoms with Crippen LogP contribution in [-0.2, 0) is 14.3 Å². The number of hydrogen-bond donors (Lipinski definition) is 3. The second-order valence-corrected chi connectivity index (χ2v) is 18.3. The van der Waals surface area contributed by atoms with Gasteiger partial charge in [-0.25, -0.2) is 4.39 Å². The van der Waals surface area contributed by atoms with Crippen molar-refractivity contribution in [1.29, 1.82) is 0 Å². The van der Waals surface area contributed by atoms with E-state index in [9.17, 15) is 19.2 Å². The van der Waals surface area contributed by atoms with Gasteiger partial charge in [0.15, 0.2) is 0 Å². The molecule has 14 heteroatoms. The van der Waals surface area contributed by atoms with Crippen LogP contribution in [0.25, 0.3) is 0 Å². The Hall–Kier alpha value is -5.65. The Morgan fingerprint density at radius 1 is 0.984 bits per heavy atom. The summed E-state index contributed by atoms with van der Waals surface area (Å²) < 4.78 is 39.3. The number of methoxy groups -OCH3 is 1. The molecule has 2 saturated carbocycles. The zero-order chi connectivity index (χ0) is 44.5. The fourth-order valence-electron chi connectivity index (χ4n) is 9.84. The van der Waals surface area contributed by atoms with E-state index in [0.29, 0.717) is 41.5 Å². The molecule has 0 spiro atoms. The molecular formula is C48H58FN5O8. The number of carbonyl (C=O) groups is 4. The molecule has 3 aromatic rings. The van der Waals surface area contributed by atoms with Crippen LogP contribution in [0.2, 0.25) is 0 Å². The SMILES string of the molecule is C#Cc1ccc(OC2C(C)(C)C(NC(=O)c3ccc(N4CCO[C@@H](CN(C(C)C)C5CC(Oc6ccc(C(=O)N[C@H]7CCC(=O)NC7=O)c(F)c6)C5)C4)cc3)C2(C)C)cc1OC. The highest BCUT2D eigenvalue weighted by molar-refractivity contribution is 6.03. The Bertz CT molecular complexity index is 2200. The lowest BCUT2D eigenvalue weighted by molar-refractivity contribution is -0.164. The zero-order valence-electron chi connectivity index (χ0n) is 36.6. The number of nitrogens with zero attached hydrogens (tertiary/aromatic N) is 2. The lowest BCUT2D eigenvalue weighted by Crippen LogP contribution is -2.74. The quantitative estimate of drug-likeness (QED) is 0.141. The van der Waals surface area contributed by atoms with Gasteiger partial charge in [0.05, 0.1) is 30.9 Å². The largest absolute Gasteiger partial charge is 0.495 e. The molecular weight excluding hydrogens is 794 g/mol. The number of ether oxygens (including phenoxy) is 4. The highest BCUT2D eigenvalue weighted by Crippen LogP contribution is 2.55. The van der Waals surface area contributed by atoms with Gasteiger partial charge in [-0.3, -0.25) is 29.4 Å². The minimum Gasteiger partial charge on any atom is -0.495 e. The number of nitrogens with one attached hydrogen (secondary N) is 3. The maximum absolute atomic E-state index is 15.0. The summed E-state index contributed by atoms with van der Waals surface area (Å²) in [5.41, 5.74) is 1.36. The first-order valence-electron chi connectivity index (χ1n) is 21.4. The Morgan fingerprint density at radius 3 is 2.32 bits per heavy atom. The molecule has 3 aromatic carbocycles. The van der Waals surface area contributed by atoms with Crippen molar-refractivity contribution >= 4 is 29.3 Å². The number of terminal acetylenes is 1. The van der Waals surface area contributed by atoms with Gasteiger partial charge in [-0.1, -0.05) is 33.6 Å². The van der Waals surface area contributed by atoms with E-state index >= 15 is 4.39 Å². The highest BCUT2D eigenvalue weighted by atomic mass is 19.1. The van der Waals surface area contributed by atoms with E-state index in [2.05, 4.69) is 73.2 Å². The summed E-state index contributed by atoms with van der Waals surface area (Å²) in [5.74, 6) is 1.59. The molecule has 0 aromatic heterocycles. The average molecular weight is 852 g/mol. The second kappa shape index (κ2) is 18.0. The molecule has 0 radical (unpaired) electrons. The summed E-state index contributed by atoms with van der Waals surface area (Å²) in [6.07, 6.45) is 7.09. The van der Waals surface area contributed by atoms with E-state index in [-0.39, 0.29) is 71.6 Å². The Labute approximate surface area is 363 Å². The van der Waals surface area contributed by atoms with Crippen molar-refractivity contribution in [3.8, 4) is 29.6 Å². The van der Waals surface area contributed by atoms with Gasteiger partial charge in [0.2, 0.25) is 11.8 Å². The van der Waals surface area contributed by atoms with E-state index in [0.717, 1.165) is 31.6 Å². The summed E-state index contributed by atoms with van der Waals surface area (Å²) in [6.45, 7) is 15.5. The minimum absolute atomic E-state index is 0.0309. The predicted molar refractivity (Wildman–Crippen MR) is 232 cm³/mol. The van der Waals surface area contributed by atoms with Crippen molar-refractivity contribution in [1.82, 2.24) is 20.9 Å². The smallest absolute Gasteiger partial charge is 0.254 e. The van der Waals surface area contributed by atoms with E-state index in [1.165, 1.54) is 12.1 Å². The van der Waals surface area contributed by atoms with Crippen LogP contribution in [-0.4, -0.2) is 104 Å². The Morgan fingerprint density at radius 2 is 1.68 bits per heavy atom. The molecule has 7 rings (SSSR count). The number of anilines is 1. The van der Waals surface area contributed by atoms with Gasteiger partial charge in [-0.2, -0.15) is 0 Å². The number of rotatable bonds is 14. The van der Waals surface area contributed by atoms with E-state index in [1.807, 2.05) is 42.5 Å². The first kappa shape index (κ1) is 44.4. The van der Waals surface area contributed by atoms with Crippen LogP contribution in [0.15, 0.2) is 60.7 Å². The van der Waals surface area contributed by atoms with Crippen LogP contribution in [0, 0.1) is 29.0 Å². The molecule has 4 aliphatic rings. The van der Waals surface area contributed by atoms with Crippen molar-refractivity contribution in [3.63, 3.8) is 0 Å². The topological polar surface area (TPSA) is 148 Å². The van der Waals surface area contributed by atoms with E-state index < -0.39 is 29.6 Å². The standard InChI is InChI=1S/C48H58FN5O8/c1-9-29-12-15-34(25-40(29)59-8)62-46-47(4,5)45(48(46,6)7)52-42(56)30-10-13-31(14-11-30)53-20-21-60-36(26-53)27-54(28(2)3)32-22-35(23-32)61-33-16-17-37(38(49)24-33)43(57)50-39-18-19-41(55)51-44(39)58/h1,10-17,24-25,28,32,35-36,39,45-46H,18-23,26-27H2,2-8H3,(H,50,57)(H,52,56)(H,51,55,58)/t32?,35?,36-,39+,45?,46?/m1/s1.